The van der Waals surface area contributed by atoms with Crippen molar-refractivity contribution in [3.63, 3.8) is 0 Å². The Balaban J connectivity index is 1.57. The average Bonchev–Trinajstić information content (AvgIpc) is 3.08. The maximum absolute atomic E-state index is 13.7. The first-order valence-electron chi connectivity index (χ1n) is 11.3. The van der Waals surface area contributed by atoms with Gasteiger partial charge >= 0.3 is 0 Å². The van der Waals surface area contributed by atoms with E-state index in [0.29, 0.717) is 19.2 Å². The summed E-state index contributed by atoms with van der Waals surface area (Å²) < 4.78 is 5.57. The Labute approximate surface area is 179 Å². The molecule has 0 aliphatic carbocycles. The van der Waals surface area contributed by atoms with Crippen molar-refractivity contribution in [3.05, 3.63) is 65.7 Å². The van der Waals surface area contributed by atoms with Crippen molar-refractivity contribution in [1.82, 2.24) is 10.2 Å². The van der Waals surface area contributed by atoms with Gasteiger partial charge in [-0.3, -0.25) is 4.79 Å². The van der Waals surface area contributed by atoms with E-state index in [-0.39, 0.29) is 18.0 Å². The topological polar surface area (TPSA) is 67.6 Å². The van der Waals surface area contributed by atoms with Gasteiger partial charge in [0.2, 0.25) is 0 Å². The summed E-state index contributed by atoms with van der Waals surface area (Å²) in [4.78, 5) is 15.8. The molecule has 0 unspecified atom stereocenters. The van der Waals surface area contributed by atoms with Crippen LogP contribution in [0, 0.1) is 0 Å². The Morgan fingerprint density at radius 1 is 1.07 bits per heavy atom. The van der Waals surface area contributed by atoms with E-state index in [1.54, 1.807) is 0 Å². The lowest BCUT2D eigenvalue weighted by atomic mass is 9.98. The highest BCUT2D eigenvalue weighted by atomic mass is 16.5. The van der Waals surface area contributed by atoms with Gasteiger partial charge in [-0.25, -0.2) is 0 Å². The molecule has 0 radical (unpaired) electrons. The van der Waals surface area contributed by atoms with Crippen molar-refractivity contribution in [2.24, 2.45) is 5.73 Å². The molecular weight excluding hydrogens is 374 g/mol. The predicted molar refractivity (Wildman–Crippen MR) is 120 cm³/mol. The third-order valence-electron chi connectivity index (χ3n) is 6.36. The standard InChI is InChI=1S/C25H33N3O2/c26-14-16-30-22-12-10-20(11-13-22)25(29)28-21(17-19-7-3-1-4-8-19)18-23-24(28)9-5-2-6-15-27-23/h1,3-4,7-8,10-13,21,23-24,27H,2,5-6,9,14-18,26H2/t21-,23+,24-/m0/s1. The Bertz CT molecular complexity index is 809. The molecule has 3 atom stereocenters. The number of rotatable bonds is 6. The first-order valence-corrected chi connectivity index (χ1v) is 11.3. The van der Waals surface area contributed by atoms with Gasteiger partial charge in [0.05, 0.1) is 0 Å². The van der Waals surface area contributed by atoms with Gasteiger partial charge in [-0.15, -0.1) is 0 Å². The number of nitrogens with one attached hydrogen (secondary N) is 1. The van der Waals surface area contributed by atoms with Crippen LogP contribution in [0.1, 0.15) is 48.0 Å². The normalized spacial score (nSPS) is 24.0. The van der Waals surface area contributed by atoms with Gasteiger partial charge in [0.25, 0.3) is 5.91 Å². The molecule has 0 aromatic heterocycles. The van der Waals surface area contributed by atoms with Gasteiger partial charge in [-0.05, 0) is 62.1 Å². The first kappa shape index (κ1) is 20.9. The summed E-state index contributed by atoms with van der Waals surface area (Å²) in [5.74, 6) is 0.890. The van der Waals surface area contributed by atoms with Crippen molar-refractivity contribution in [3.8, 4) is 5.75 Å². The number of hydrogen-bond acceptors (Lipinski definition) is 4. The highest BCUT2D eigenvalue weighted by molar-refractivity contribution is 5.95. The zero-order chi connectivity index (χ0) is 20.8. The molecule has 2 aliphatic heterocycles. The number of likely N-dealkylation sites (tertiary alicyclic amines) is 1. The maximum atomic E-state index is 13.7. The van der Waals surface area contributed by atoms with Crippen molar-refractivity contribution in [2.75, 3.05) is 19.7 Å². The minimum atomic E-state index is 0.135. The van der Waals surface area contributed by atoms with Crippen LogP contribution < -0.4 is 15.8 Å². The molecule has 30 heavy (non-hydrogen) atoms. The number of fused-ring (bicyclic) bond motifs is 1. The van der Waals surface area contributed by atoms with Crippen LogP contribution in [0.25, 0.3) is 0 Å². The second-order valence-corrected chi connectivity index (χ2v) is 8.43. The highest BCUT2D eigenvalue weighted by Gasteiger charge is 2.43. The summed E-state index contributed by atoms with van der Waals surface area (Å²) >= 11 is 0. The van der Waals surface area contributed by atoms with E-state index in [1.807, 2.05) is 30.3 Å². The van der Waals surface area contributed by atoms with E-state index in [1.165, 1.54) is 24.8 Å². The number of hydrogen-bond donors (Lipinski definition) is 2. The van der Waals surface area contributed by atoms with Crippen LogP contribution in [-0.4, -0.2) is 48.6 Å². The summed E-state index contributed by atoms with van der Waals surface area (Å²) in [5.41, 5.74) is 7.53. The molecule has 2 heterocycles. The Morgan fingerprint density at radius 2 is 1.87 bits per heavy atom. The molecule has 0 spiro atoms. The van der Waals surface area contributed by atoms with E-state index >= 15 is 0 Å². The van der Waals surface area contributed by atoms with E-state index in [2.05, 4.69) is 34.5 Å². The zero-order valence-electron chi connectivity index (χ0n) is 17.6. The molecule has 2 aromatic carbocycles. The molecule has 0 saturated carbocycles. The largest absolute Gasteiger partial charge is 0.492 e. The molecule has 5 heteroatoms. The molecule has 4 rings (SSSR count). The fourth-order valence-electron chi connectivity index (χ4n) is 4.93. The smallest absolute Gasteiger partial charge is 0.254 e. The number of nitrogens with zero attached hydrogens (tertiary/aromatic N) is 1. The van der Waals surface area contributed by atoms with Gasteiger partial charge in [0.1, 0.15) is 12.4 Å². The monoisotopic (exact) mass is 407 g/mol. The Kier molecular flexibility index (Phi) is 7.03. The quantitative estimate of drug-likeness (QED) is 0.770. The van der Waals surface area contributed by atoms with Crippen LogP contribution in [0.2, 0.25) is 0 Å². The molecule has 2 aromatic rings. The minimum Gasteiger partial charge on any atom is -0.492 e. The van der Waals surface area contributed by atoms with E-state index < -0.39 is 0 Å². The Hall–Kier alpha value is -2.37. The highest BCUT2D eigenvalue weighted by Crippen LogP contribution is 2.33. The molecule has 2 fully saturated rings. The van der Waals surface area contributed by atoms with Gasteiger partial charge in [0, 0.05) is 30.2 Å². The Morgan fingerprint density at radius 3 is 2.63 bits per heavy atom. The van der Waals surface area contributed by atoms with Crippen LogP contribution in [0.5, 0.6) is 5.75 Å². The molecule has 1 amide bonds. The van der Waals surface area contributed by atoms with Crippen LogP contribution >= 0.6 is 0 Å². The number of nitrogens with two attached hydrogens (primary N) is 1. The second kappa shape index (κ2) is 10.1. The first-order chi connectivity index (χ1) is 14.8. The zero-order valence-corrected chi connectivity index (χ0v) is 17.6. The van der Waals surface area contributed by atoms with Crippen molar-refractivity contribution in [2.45, 2.75) is 56.7 Å². The molecular formula is C25H33N3O2. The lowest BCUT2D eigenvalue weighted by Crippen LogP contribution is -2.47. The lowest BCUT2D eigenvalue weighted by molar-refractivity contribution is 0.0642. The molecule has 3 N–H and O–H groups in total. The minimum absolute atomic E-state index is 0.135. The van der Waals surface area contributed by atoms with Gasteiger partial charge in [-0.2, -0.15) is 0 Å². The fraction of sp³-hybridized carbons (Fsp3) is 0.480. The lowest BCUT2D eigenvalue weighted by Gasteiger charge is -2.33. The van der Waals surface area contributed by atoms with Crippen molar-refractivity contribution >= 4 is 5.91 Å². The second-order valence-electron chi connectivity index (χ2n) is 8.43. The molecule has 0 bridgehead atoms. The van der Waals surface area contributed by atoms with E-state index in [9.17, 15) is 4.79 Å². The third kappa shape index (κ3) is 4.85. The molecule has 5 nitrogen and oxygen atoms in total. The summed E-state index contributed by atoms with van der Waals surface area (Å²) in [6.45, 7) is 2.01. The summed E-state index contributed by atoms with van der Waals surface area (Å²) in [5, 5.41) is 3.74. The summed E-state index contributed by atoms with van der Waals surface area (Å²) in [6, 6.07) is 18.9. The maximum Gasteiger partial charge on any atom is 0.254 e. The number of benzene rings is 2. The summed E-state index contributed by atoms with van der Waals surface area (Å²) in [6.07, 6.45) is 6.64. The van der Waals surface area contributed by atoms with Crippen molar-refractivity contribution < 1.29 is 9.53 Å². The van der Waals surface area contributed by atoms with Gasteiger partial charge in [-0.1, -0.05) is 43.2 Å². The number of carbonyl (C=O) groups is 1. The van der Waals surface area contributed by atoms with E-state index in [0.717, 1.165) is 37.1 Å². The van der Waals surface area contributed by atoms with Crippen LogP contribution in [-0.2, 0) is 6.42 Å². The number of carbonyl (C=O) groups excluding carboxylic acids is 1. The van der Waals surface area contributed by atoms with Crippen LogP contribution in [0.3, 0.4) is 0 Å². The summed E-state index contributed by atoms with van der Waals surface area (Å²) in [7, 11) is 0. The van der Waals surface area contributed by atoms with Crippen LogP contribution in [0.15, 0.2) is 54.6 Å². The van der Waals surface area contributed by atoms with Gasteiger partial charge in [0.15, 0.2) is 0 Å². The van der Waals surface area contributed by atoms with Gasteiger partial charge < -0.3 is 20.7 Å². The van der Waals surface area contributed by atoms with E-state index in [4.69, 9.17) is 10.5 Å². The number of ether oxygens (including phenoxy) is 1. The third-order valence-corrected chi connectivity index (χ3v) is 6.36. The molecule has 160 valence electrons. The van der Waals surface area contributed by atoms with Crippen LogP contribution in [0.4, 0.5) is 0 Å². The SMILES string of the molecule is NCCOc1ccc(C(=O)N2[C@@H](Cc3ccccc3)C[C@H]3NCCCCC[C@@H]32)cc1. The predicted octanol–water partition coefficient (Wildman–Crippen LogP) is 3.38. The van der Waals surface area contributed by atoms with Crippen molar-refractivity contribution in [1.29, 1.82) is 0 Å². The average molecular weight is 408 g/mol. The molecule has 2 saturated heterocycles. The fourth-order valence-corrected chi connectivity index (χ4v) is 4.93. The molecule has 2 aliphatic rings. The number of amides is 1.